The van der Waals surface area contributed by atoms with Gasteiger partial charge in [0.05, 0.1) is 24.0 Å². The molecule has 4 rings (SSSR count). The molecule has 29 heavy (non-hydrogen) atoms. The van der Waals surface area contributed by atoms with Crippen molar-refractivity contribution in [1.29, 1.82) is 0 Å². The topological polar surface area (TPSA) is 120 Å². The van der Waals surface area contributed by atoms with Gasteiger partial charge in [-0.1, -0.05) is 0 Å². The molecule has 4 aromatic heterocycles. The molecule has 0 unspecified atom stereocenters. The van der Waals surface area contributed by atoms with E-state index in [4.69, 9.17) is 10.2 Å². The normalized spacial score (nSPS) is 12.0. The number of oxazole rings is 1. The first kappa shape index (κ1) is 18.8. The van der Waals surface area contributed by atoms with Crippen molar-refractivity contribution < 1.29 is 17.6 Å². The van der Waals surface area contributed by atoms with Gasteiger partial charge in [-0.15, -0.1) is 5.10 Å². The van der Waals surface area contributed by atoms with E-state index in [1.165, 1.54) is 23.0 Å². The third-order valence-electron chi connectivity index (χ3n) is 4.16. The summed E-state index contributed by atoms with van der Waals surface area (Å²) in [7, 11) is 0. The van der Waals surface area contributed by atoms with Gasteiger partial charge in [0.2, 0.25) is 11.8 Å². The Balaban J connectivity index is 1.49. The first-order valence-corrected chi connectivity index (χ1v) is 8.47. The summed E-state index contributed by atoms with van der Waals surface area (Å²) in [4.78, 5) is 16.6. The largest absolute Gasteiger partial charge is 0.443 e. The molecule has 0 atom stereocenters. The van der Waals surface area contributed by atoms with Gasteiger partial charge in [-0.25, -0.2) is 15.0 Å². The monoisotopic (exact) mass is 404 g/mol. The van der Waals surface area contributed by atoms with E-state index in [1.807, 2.05) is 0 Å². The number of alkyl halides is 3. The minimum absolute atomic E-state index is 0.127. The van der Waals surface area contributed by atoms with Crippen LogP contribution in [0, 0.1) is 6.92 Å². The highest BCUT2D eigenvalue weighted by atomic mass is 19.4. The van der Waals surface area contributed by atoms with Crippen molar-refractivity contribution in [3.8, 4) is 11.6 Å². The summed E-state index contributed by atoms with van der Waals surface area (Å²) in [5.74, 6) is 0.896. The molecule has 0 saturated carbocycles. The molecule has 0 spiro atoms. The van der Waals surface area contributed by atoms with Gasteiger partial charge in [0.25, 0.3) is 0 Å². The highest BCUT2D eigenvalue weighted by Gasteiger charge is 2.30. The van der Waals surface area contributed by atoms with Gasteiger partial charge in [-0.3, -0.25) is 4.98 Å². The number of rotatable bonds is 5. The number of pyridine rings is 1. The summed E-state index contributed by atoms with van der Waals surface area (Å²) in [5, 5.41) is 7.35. The zero-order chi connectivity index (χ0) is 20.6. The van der Waals surface area contributed by atoms with Crippen molar-refractivity contribution in [3.05, 3.63) is 53.4 Å². The fraction of sp³-hybridized carbons (Fsp3) is 0.235. The maximum absolute atomic E-state index is 12.6. The van der Waals surface area contributed by atoms with Crippen LogP contribution in [-0.4, -0.2) is 29.5 Å². The number of nitrogen functional groups attached to an aromatic ring is 1. The van der Waals surface area contributed by atoms with E-state index in [0.29, 0.717) is 34.3 Å². The molecule has 0 saturated heterocycles. The van der Waals surface area contributed by atoms with E-state index in [9.17, 15) is 13.2 Å². The molecule has 0 aromatic carbocycles. The Bertz CT molecular complexity index is 1140. The summed E-state index contributed by atoms with van der Waals surface area (Å²) in [5.41, 5.74) is 7.33. The van der Waals surface area contributed by atoms with Crippen molar-refractivity contribution >= 4 is 11.6 Å². The predicted molar refractivity (Wildman–Crippen MR) is 95.2 cm³/mol. The number of aryl methyl sites for hydroxylation is 1. The van der Waals surface area contributed by atoms with Crippen LogP contribution in [0.5, 0.6) is 0 Å². The molecular weight excluding hydrogens is 389 g/mol. The SMILES string of the molecule is Cc1c(-c2ncco2)nc(N)n2nc(CNCc3ccc(C(F)(F)F)cn3)nc12. The van der Waals surface area contributed by atoms with Crippen molar-refractivity contribution in [2.45, 2.75) is 26.2 Å². The van der Waals surface area contributed by atoms with Gasteiger partial charge in [0.1, 0.15) is 12.0 Å². The molecule has 4 heterocycles. The van der Waals surface area contributed by atoms with Crippen molar-refractivity contribution in [2.75, 3.05) is 5.73 Å². The molecule has 0 fully saturated rings. The number of nitrogens with one attached hydrogen (secondary N) is 1. The van der Waals surface area contributed by atoms with Crippen LogP contribution >= 0.6 is 0 Å². The molecule has 3 N–H and O–H groups in total. The average molecular weight is 404 g/mol. The average Bonchev–Trinajstić information content (AvgIpc) is 3.35. The van der Waals surface area contributed by atoms with Crippen LogP contribution in [0.15, 0.2) is 35.2 Å². The first-order chi connectivity index (χ1) is 13.8. The molecular formula is C17H15F3N8O. The van der Waals surface area contributed by atoms with E-state index in [0.717, 1.165) is 12.3 Å². The summed E-state index contributed by atoms with van der Waals surface area (Å²) in [6.45, 7) is 2.32. The van der Waals surface area contributed by atoms with Crippen LogP contribution in [0.2, 0.25) is 0 Å². The molecule has 12 heteroatoms. The second-order valence-electron chi connectivity index (χ2n) is 6.18. The van der Waals surface area contributed by atoms with E-state index in [2.05, 4.69) is 30.4 Å². The fourth-order valence-corrected chi connectivity index (χ4v) is 2.73. The molecule has 0 radical (unpaired) electrons. The molecule has 150 valence electrons. The second kappa shape index (κ2) is 7.13. The number of fused-ring (bicyclic) bond motifs is 1. The number of hydrogen-bond donors (Lipinski definition) is 2. The lowest BCUT2D eigenvalue weighted by Gasteiger charge is -2.07. The molecule has 0 aliphatic carbocycles. The Morgan fingerprint density at radius 2 is 2.00 bits per heavy atom. The van der Waals surface area contributed by atoms with Gasteiger partial charge < -0.3 is 15.5 Å². The third kappa shape index (κ3) is 3.74. The number of nitrogens with zero attached hydrogens (tertiary/aromatic N) is 6. The highest BCUT2D eigenvalue weighted by Crippen LogP contribution is 2.28. The van der Waals surface area contributed by atoms with E-state index in [-0.39, 0.29) is 19.0 Å². The van der Waals surface area contributed by atoms with Crippen molar-refractivity contribution in [3.63, 3.8) is 0 Å². The van der Waals surface area contributed by atoms with Gasteiger partial charge in [-0.05, 0) is 19.1 Å². The maximum atomic E-state index is 12.6. The summed E-state index contributed by atoms with van der Waals surface area (Å²) >= 11 is 0. The minimum Gasteiger partial charge on any atom is -0.443 e. The lowest BCUT2D eigenvalue weighted by molar-refractivity contribution is -0.137. The van der Waals surface area contributed by atoms with Crippen molar-refractivity contribution in [2.24, 2.45) is 0 Å². The quantitative estimate of drug-likeness (QED) is 0.520. The molecule has 0 aliphatic heterocycles. The summed E-state index contributed by atoms with van der Waals surface area (Å²) in [6, 6.07) is 2.31. The molecule has 4 aromatic rings. The van der Waals surface area contributed by atoms with E-state index >= 15 is 0 Å². The maximum Gasteiger partial charge on any atom is 0.417 e. The fourth-order valence-electron chi connectivity index (χ4n) is 2.73. The van der Waals surface area contributed by atoms with E-state index < -0.39 is 11.7 Å². The van der Waals surface area contributed by atoms with Crippen LogP contribution in [-0.2, 0) is 19.3 Å². The zero-order valence-electron chi connectivity index (χ0n) is 15.1. The zero-order valence-corrected chi connectivity index (χ0v) is 15.1. The molecule has 0 amide bonds. The lowest BCUT2D eigenvalue weighted by Crippen LogP contribution is -2.15. The standard InChI is InChI=1S/C17H15F3N8O/c1-9-13(15-23-4-5-29-15)26-16(21)28-14(9)25-12(27-28)8-22-7-11-3-2-10(6-24-11)17(18,19)20/h2-6,22H,7-8H2,1H3,(H2,21,26). The number of hydrogen-bond acceptors (Lipinski definition) is 8. The second-order valence-corrected chi connectivity index (χ2v) is 6.18. The van der Waals surface area contributed by atoms with Gasteiger partial charge >= 0.3 is 6.18 Å². The Labute approximate surface area is 161 Å². The molecule has 9 nitrogen and oxygen atoms in total. The Kier molecular flexibility index (Phi) is 4.62. The lowest BCUT2D eigenvalue weighted by atomic mass is 10.2. The van der Waals surface area contributed by atoms with Crippen molar-refractivity contribution in [1.82, 2.24) is 34.9 Å². The smallest absolute Gasteiger partial charge is 0.417 e. The molecule has 0 bridgehead atoms. The number of anilines is 1. The number of halogens is 3. The van der Waals surface area contributed by atoms with Crippen LogP contribution in [0.25, 0.3) is 17.2 Å². The number of aromatic nitrogens is 6. The van der Waals surface area contributed by atoms with Gasteiger partial charge in [0.15, 0.2) is 11.5 Å². The number of nitrogens with two attached hydrogens (primary N) is 1. The van der Waals surface area contributed by atoms with Gasteiger partial charge in [0, 0.05) is 18.3 Å². The first-order valence-electron chi connectivity index (χ1n) is 8.47. The Morgan fingerprint density at radius 3 is 2.66 bits per heavy atom. The van der Waals surface area contributed by atoms with Crippen LogP contribution in [0.4, 0.5) is 19.1 Å². The Hall–Kier alpha value is -3.54. The van der Waals surface area contributed by atoms with Gasteiger partial charge in [-0.2, -0.15) is 17.7 Å². The van der Waals surface area contributed by atoms with Crippen LogP contribution in [0.1, 0.15) is 22.6 Å². The summed E-state index contributed by atoms with van der Waals surface area (Å²) in [6.07, 6.45) is -0.661. The van der Waals surface area contributed by atoms with Crippen LogP contribution < -0.4 is 11.1 Å². The minimum atomic E-state index is -4.41. The van der Waals surface area contributed by atoms with E-state index in [1.54, 1.807) is 6.92 Å². The molecule has 0 aliphatic rings. The van der Waals surface area contributed by atoms with Crippen LogP contribution in [0.3, 0.4) is 0 Å². The third-order valence-corrected chi connectivity index (χ3v) is 4.16. The highest BCUT2D eigenvalue weighted by molar-refractivity contribution is 5.65. The predicted octanol–water partition coefficient (Wildman–Crippen LogP) is 2.37. The Morgan fingerprint density at radius 1 is 1.17 bits per heavy atom. The summed E-state index contributed by atoms with van der Waals surface area (Å²) < 4.78 is 44.4.